The van der Waals surface area contributed by atoms with Crippen LogP contribution in [0.5, 0.6) is 5.75 Å². The average molecular weight is 283 g/mol. The molecule has 2 aromatic rings. The predicted octanol–water partition coefficient (Wildman–Crippen LogP) is 3.19. The fourth-order valence-electron chi connectivity index (χ4n) is 1.69. The number of aromatic nitrogens is 1. The SMILES string of the molecule is COc1ccc(/C=C/NC(=O)Nc2cccc(C)n2)cc1. The maximum Gasteiger partial charge on any atom is 0.324 e. The molecule has 0 radical (unpaired) electrons. The second kappa shape index (κ2) is 7.09. The molecule has 2 rings (SSSR count). The van der Waals surface area contributed by atoms with E-state index in [1.165, 1.54) is 0 Å². The van der Waals surface area contributed by atoms with E-state index in [-0.39, 0.29) is 6.03 Å². The number of hydrogen-bond donors (Lipinski definition) is 2. The molecule has 5 nitrogen and oxygen atoms in total. The van der Waals surface area contributed by atoms with E-state index in [9.17, 15) is 4.79 Å². The Hall–Kier alpha value is -2.82. The summed E-state index contributed by atoms with van der Waals surface area (Å²) < 4.78 is 5.08. The molecule has 2 N–H and O–H groups in total. The normalized spacial score (nSPS) is 10.4. The lowest BCUT2D eigenvalue weighted by atomic mass is 10.2. The van der Waals surface area contributed by atoms with Crippen molar-refractivity contribution in [3.05, 3.63) is 59.9 Å². The van der Waals surface area contributed by atoms with Crippen LogP contribution >= 0.6 is 0 Å². The van der Waals surface area contributed by atoms with Gasteiger partial charge in [-0.3, -0.25) is 5.32 Å². The Balaban J connectivity index is 1.86. The minimum atomic E-state index is -0.335. The van der Waals surface area contributed by atoms with Crippen molar-refractivity contribution in [2.24, 2.45) is 0 Å². The lowest BCUT2D eigenvalue weighted by Crippen LogP contribution is -2.24. The topological polar surface area (TPSA) is 63.2 Å². The van der Waals surface area contributed by atoms with E-state index in [4.69, 9.17) is 4.74 Å². The van der Waals surface area contributed by atoms with Gasteiger partial charge in [-0.2, -0.15) is 0 Å². The third-order valence-electron chi connectivity index (χ3n) is 2.74. The molecular formula is C16H17N3O2. The molecule has 0 aliphatic carbocycles. The maximum atomic E-state index is 11.7. The number of nitrogens with zero attached hydrogens (tertiary/aromatic N) is 1. The quantitative estimate of drug-likeness (QED) is 0.905. The summed E-state index contributed by atoms with van der Waals surface area (Å²) >= 11 is 0. The van der Waals surface area contributed by atoms with Crippen LogP contribution in [0.1, 0.15) is 11.3 Å². The van der Waals surface area contributed by atoms with E-state index in [1.54, 1.807) is 25.5 Å². The number of nitrogens with one attached hydrogen (secondary N) is 2. The van der Waals surface area contributed by atoms with Gasteiger partial charge in [-0.25, -0.2) is 9.78 Å². The number of hydrogen-bond acceptors (Lipinski definition) is 3. The number of carbonyl (C=O) groups is 1. The molecule has 108 valence electrons. The van der Waals surface area contributed by atoms with Gasteiger partial charge in [-0.1, -0.05) is 18.2 Å². The van der Waals surface area contributed by atoms with Crippen molar-refractivity contribution in [2.75, 3.05) is 12.4 Å². The molecule has 0 spiro atoms. The van der Waals surface area contributed by atoms with Crippen LogP contribution in [0.25, 0.3) is 6.08 Å². The summed E-state index contributed by atoms with van der Waals surface area (Å²) in [6, 6.07) is 12.6. The van der Waals surface area contributed by atoms with E-state index >= 15 is 0 Å². The van der Waals surface area contributed by atoms with Crippen LogP contribution in [0.3, 0.4) is 0 Å². The maximum absolute atomic E-state index is 11.7. The summed E-state index contributed by atoms with van der Waals surface area (Å²) in [4.78, 5) is 15.9. The highest BCUT2D eigenvalue weighted by Gasteiger charge is 1.99. The molecule has 0 fully saturated rings. The van der Waals surface area contributed by atoms with Gasteiger partial charge >= 0.3 is 6.03 Å². The number of aryl methyl sites for hydroxylation is 1. The third kappa shape index (κ3) is 4.65. The summed E-state index contributed by atoms with van der Waals surface area (Å²) in [6.07, 6.45) is 3.37. The number of anilines is 1. The van der Waals surface area contributed by atoms with Gasteiger partial charge in [0.05, 0.1) is 7.11 Å². The van der Waals surface area contributed by atoms with Gasteiger partial charge in [0.25, 0.3) is 0 Å². The summed E-state index contributed by atoms with van der Waals surface area (Å²) in [5, 5.41) is 5.28. The predicted molar refractivity (Wildman–Crippen MR) is 83.2 cm³/mol. The van der Waals surface area contributed by atoms with Gasteiger partial charge in [0, 0.05) is 11.9 Å². The number of methoxy groups -OCH3 is 1. The highest BCUT2D eigenvalue weighted by atomic mass is 16.5. The van der Waals surface area contributed by atoms with Crippen molar-refractivity contribution >= 4 is 17.9 Å². The Kier molecular flexibility index (Phi) is 4.93. The summed E-state index contributed by atoms with van der Waals surface area (Å²) in [6.45, 7) is 1.87. The standard InChI is InChI=1S/C16H17N3O2/c1-12-4-3-5-15(18-12)19-16(20)17-11-10-13-6-8-14(21-2)9-7-13/h3-11H,1-2H3,(H2,17,18,19,20)/b11-10+. The van der Waals surface area contributed by atoms with Gasteiger partial charge in [0.15, 0.2) is 0 Å². The Morgan fingerprint density at radius 3 is 2.62 bits per heavy atom. The molecule has 1 heterocycles. The molecule has 0 aliphatic heterocycles. The molecule has 1 aromatic carbocycles. The third-order valence-corrected chi connectivity index (χ3v) is 2.74. The molecular weight excluding hydrogens is 266 g/mol. The van der Waals surface area contributed by atoms with Crippen molar-refractivity contribution in [3.8, 4) is 5.75 Å². The number of benzene rings is 1. The van der Waals surface area contributed by atoms with E-state index in [0.29, 0.717) is 5.82 Å². The van der Waals surface area contributed by atoms with Crippen molar-refractivity contribution < 1.29 is 9.53 Å². The monoisotopic (exact) mass is 283 g/mol. The molecule has 0 bridgehead atoms. The Morgan fingerprint density at radius 1 is 1.19 bits per heavy atom. The largest absolute Gasteiger partial charge is 0.497 e. The smallest absolute Gasteiger partial charge is 0.324 e. The number of amides is 2. The van der Waals surface area contributed by atoms with Crippen LogP contribution in [0.15, 0.2) is 48.7 Å². The fourth-order valence-corrected chi connectivity index (χ4v) is 1.69. The first kappa shape index (κ1) is 14.6. The summed E-state index contributed by atoms with van der Waals surface area (Å²) in [5.41, 5.74) is 1.81. The van der Waals surface area contributed by atoms with Crippen LogP contribution in [0, 0.1) is 6.92 Å². The first-order chi connectivity index (χ1) is 10.2. The van der Waals surface area contributed by atoms with Crippen LogP contribution in [0.2, 0.25) is 0 Å². The highest BCUT2D eigenvalue weighted by Crippen LogP contribution is 2.11. The molecule has 0 unspecified atom stereocenters. The minimum Gasteiger partial charge on any atom is -0.497 e. The number of pyridine rings is 1. The number of carbonyl (C=O) groups excluding carboxylic acids is 1. The molecule has 2 amide bonds. The number of urea groups is 1. The molecule has 1 aromatic heterocycles. The van der Waals surface area contributed by atoms with Crippen LogP contribution in [-0.4, -0.2) is 18.1 Å². The average Bonchev–Trinajstić information content (AvgIpc) is 2.48. The summed E-state index contributed by atoms with van der Waals surface area (Å²) in [5.74, 6) is 1.31. The van der Waals surface area contributed by atoms with Crippen molar-refractivity contribution in [2.45, 2.75) is 6.92 Å². The second-order valence-electron chi connectivity index (χ2n) is 4.37. The van der Waals surface area contributed by atoms with Gasteiger partial charge < -0.3 is 10.1 Å². The first-order valence-electron chi connectivity index (χ1n) is 6.49. The number of rotatable bonds is 4. The van der Waals surface area contributed by atoms with Crippen LogP contribution in [0.4, 0.5) is 10.6 Å². The van der Waals surface area contributed by atoms with Gasteiger partial charge in [-0.05, 0) is 42.8 Å². The Labute approximate surface area is 123 Å². The Bertz CT molecular complexity index is 636. The molecule has 5 heteroatoms. The van der Waals surface area contributed by atoms with E-state index in [0.717, 1.165) is 17.0 Å². The van der Waals surface area contributed by atoms with Gasteiger partial charge in [0.1, 0.15) is 11.6 Å². The fraction of sp³-hybridized carbons (Fsp3) is 0.125. The lowest BCUT2D eigenvalue weighted by Gasteiger charge is -2.04. The van der Waals surface area contributed by atoms with Gasteiger partial charge in [-0.15, -0.1) is 0 Å². The van der Waals surface area contributed by atoms with Crippen molar-refractivity contribution in [1.29, 1.82) is 0 Å². The van der Waals surface area contributed by atoms with Gasteiger partial charge in [0.2, 0.25) is 0 Å². The molecule has 0 saturated carbocycles. The van der Waals surface area contributed by atoms with Crippen molar-refractivity contribution in [3.63, 3.8) is 0 Å². The molecule has 0 aliphatic rings. The van der Waals surface area contributed by atoms with Crippen molar-refractivity contribution in [1.82, 2.24) is 10.3 Å². The van der Waals surface area contributed by atoms with E-state index in [2.05, 4.69) is 15.6 Å². The van der Waals surface area contributed by atoms with Crippen LogP contribution in [-0.2, 0) is 0 Å². The zero-order valence-corrected chi connectivity index (χ0v) is 12.0. The molecule has 0 atom stereocenters. The highest BCUT2D eigenvalue weighted by molar-refractivity contribution is 5.89. The number of ether oxygens (including phenoxy) is 1. The molecule has 21 heavy (non-hydrogen) atoms. The minimum absolute atomic E-state index is 0.335. The zero-order valence-electron chi connectivity index (χ0n) is 12.0. The lowest BCUT2D eigenvalue weighted by molar-refractivity contribution is 0.255. The van der Waals surface area contributed by atoms with E-state index in [1.807, 2.05) is 43.3 Å². The second-order valence-corrected chi connectivity index (χ2v) is 4.37. The molecule has 0 saturated heterocycles. The summed E-state index contributed by atoms with van der Waals surface area (Å²) in [7, 11) is 1.62. The van der Waals surface area contributed by atoms with E-state index < -0.39 is 0 Å². The Morgan fingerprint density at radius 2 is 1.95 bits per heavy atom. The first-order valence-corrected chi connectivity index (χ1v) is 6.49. The van der Waals surface area contributed by atoms with Crippen LogP contribution < -0.4 is 15.4 Å². The zero-order chi connectivity index (χ0) is 15.1.